The fraction of sp³-hybridized carbons (Fsp3) is 0.467. The van der Waals surface area contributed by atoms with Crippen molar-refractivity contribution < 1.29 is 4.74 Å². The maximum absolute atomic E-state index is 6.04. The summed E-state index contributed by atoms with van der Waals surface area (Å²) in [6.45, 7) is 2.76. The van der Waals surface area contributed by atoms with Gasteiger partial charge in [-0.25, -0.2) is 0 Å². The fourth-order valence-electron chi connectivity index (χ4n) is 2.08. The molecule has 110 valence electrons. The Kier molecular flexibility index (Phi) is 6.34. The van der Waals surface area contributed by atoms with Gasteiger partial charge >= 0.3 is 0 Å². The Morgan fingerprint density at radius 2 is 2.00 bits per heavy atom. The Morgan fingerprint density at radius 3 is 2.75 bits per heavy atom. The smallest absolute Gasteiger partial charge is 0.137 e. The van der Waals surface area contributed by atoms with Crippen molar-refractivity contribution in [3.8, 4) is 5.75 Å². The summed E-state index contributed by atoms with van der Waals surface area (Å²) in [6, 6.07) is 5.31. The fourth-order valence-corrected chi connectivity index (χ4v) is 2.54. The first-order chi connectivity index (χ1) is 9.75. The normalized spacial score (nSPS) is 13.6. The average Bonchev–Trinajstić information content (AvgIpc) is 2.93. The quantitative estimate of drug-likeness (QED) is 0.725. The van der Waals surface area contributed by atoms with Crippen molar-refractivity contribution in [2.75, 3.05) is 19.8 Å². The zero-order chi connectivity index (χ0) is 14.2. The Labute approximate surface area is 130 Å². The number of ether oxygens (including phenoxy) is 1. The van der Waals surface area contributed by atoms with Gasteiger partial charge in [-0.15, -0.1) is 0 Å². The van der Waals surface area contributed by atoms with E-state index in [4.69, 9.17) is 27.9 Å². The molecule has 1 aromatic rings. The number of hydrogen-bond acceptors (Lipinski definition) is 3. The summed E-state index contributed by atoms with van der Waals surface area (Å²) in [5.41, 5.74) is 0. The summed E-state index contributed by atoms with van der Waals surface area (Å²) in [4.78, 5) is 2.28. The van der Waals surface area contributed by atoms with Crippen LogP contribution < -0.4 is 10.1 Å². The SMILES string of the molecule is Clc1ccc(OCCCCCCN2C=CNC2)c(Cl)c1. The van der Waals surface area contributed by atoms with Crippen LogP contribution in [0.15, 0.2) is 30.6 Å². The van der Waals surface area contributed by atoms with Crippen LogP contribution in [0.3, 0.4) is 0 Å². The number of nitrogens with one attached hydrogen (secondary N) is 1. The molecule has 0 saturated heterocycles. The first-order valence-electron chi connectivity index (χ1n) is 6.98. The third kappa shape index (κ3) is 5.14. The van der Waals surface area contributed by atoms with Gasteiger partial charge < -0.3 is 15.0 Å². The van der Waals surface area contributed by atoms with Crippen LogP contribution in [0.5, 0.6) is 5.75 Å². The highest BCUT2D eigenvalue weighted by Crippen LogP contribution is 2.27. The van der Waals surface area contributed by atoms with Crippen molar-refractivity contribution in [3.05, 3.63) is 40.6 Å². The van der Waals surface area contributed by atoms with Crippen molar-refractivity contribution in [3.63, 3.8) is 0 Å². The van der Waals surface area contributed by atoms with E-state index in [-0.39, 0.29) is 0 Å². The molecule has 0 saturated carbocycles. The van der Waals surface area contributed by atoms with Gasteiger partial charge in [0.15, 0.2) is 0 Å². The first-order valence-corrected chi connectivity index (χ1v) is 7.73. The molecule has 20 heavy (non-hydrogen) atoms. The molecular formula is C15H20Cl2N2O. The Bertz CT molecular complexity index is 451. The zero-order valence-corrected chi connectivity index (χ0v) is 13.0. The van der Waals surface area contributed by atoms with Gasteiger partial charge in [-0.3, -0.25) is 0 Å². The lowest BCUT2D eigenvalue weighted by atomic mass is 10.2. The molecule has 0 amide bonds. The molecular weight excluding hydrogens is 295 g/mol. The lowest BCUT2D eigenvalue weighted by Crippen LogP contribution is -2.21. The van der Waals surface area contributed by atoms with Gasteiger partial charge in [0.2, 0.25) is 0 Å². The maximum atomic E-state index is 6.04. The van der Waals surface area contributed by atoms with Gasteiger partial charge in [0.05, 0.1) is 18.3 Å². The zero-order valence-electron chi connectivity index (χ0n) is 11.4. The molecule has 0 atom stereocenters. The van der Waals surface area contributed by atoms with E-state index in [1.807, 2.05) is 12.3 Å². The molecule has 2 rings (SSSR count). The number of hydrogen-bond donors (Lipinski definition) is 1. The molecule has 1 aromatic carbocycles. The van der Waals surface area contributed by atoms with E-state index in [1.165, 1.54) is 19.3 Å². The Balaban J connectivity index is 1.52. The summed E-state index contributed by atoms with van der Waals surface area (Å²) >= 11 is 11.9. The highest BCUT2D eigenvalue weighted by atomic mass is 35.5. The summed E-state index contributed by atoms with van der Waals surface area (Å²) in [5, 5.41) is 4.37. The first kappa shape index (κ1) is 15.3. The van der Waals surface area contributed by atoms with Crippen molar-refractivity contribution in [1.82, 2.24) is 10.2 Å². The third-order valence-electron chi connectivity index (χ3n) is 3.19. The van der Waals surface area contributed by atoms with Crippen molar-refractivity contribution in [1.29, 1.82) is 0 Å². The topological polar surface area (TPSA) is 24.5 Å². The molecule has 0 fully saturated rings. The van der Waals surface area contributed by atoms with Crippen LogP contribution in [-0.4, -0.2) is 24.7 Å². The molecule has 0 aromatic heterocycles. The number of halogens is 2. The highest BCUT2D eigenvalue weighted by Gasteiger charge is 2.03. The number of benzene rings is 1. The standard InChI is InChI=1S/C15H20Cl2N2O/c16-13-5-6-15(14(17)11-13)20-10-4-2-1-3-8-19-9-7-18-12-19/h5-7,9,11,18H,1-4,8,10,12H2. The van der Waals surface area contributed by atoms with Crippen LogP contribution in [0.1, 0.15) is 25.7 Å². The van der Waals surface area contributed by atoms with E-state index in [1.54, 1.807) is 12.1 Å². The molecule has 1 aliphatic rings. The minimum absolute atomic E-state index is 0.575. The second-order valence-corrected chi connectivity index (χ2v) is 5.67. The molecule has 1 heterocycles. The summed E-state index contributed by atoms with van der Waals surface area (Å²) < 4.78 is 5.65. The number of nitrogens with zero attached hydrogens (tertiary/aromatic N) is 1. The molecule has 0 aliphatic carbocycles. The molecule has 3 nitrogen and oxygen atoms in total. The van der Waals surface area contributed by atoms with Gasteiger partial charge in [-0.2, -0.15) is 0 Å². The van der Waals surface area contributed by atoms with Crippen LogP contribution in [0, 0.1) is 0 Å². The predicted octanol–water partition coefficient (Wildman–Crippen LogP) is 4.27. The lowest BCUT2D eigenvalue weighted by molar-refractivity contribution is 0.302. The van der Waals surface area contributed by atoms with Crippen molar-refractivity contribution in [2.45, 2.75) is 25.7 Å². The Morgan fingerprint density at radius 1 is 1.15 bits per heavy atom. The van der Waals surface area contributed by atoms with E-state index < -0.39 is 0 Å². The third-order valence-corrected chi connectivity index (χ3v) is 3.72. The van der Waals surface area contributed by atoms with E-state index in [2.05, 4.69) is 16.4 Å². The van der Waals surface area contributed by atoms with Crippen LogP contribution in [0.2, 0.25) is 10.0 Å². The molecule has 5 heteroatoms. The molecule has 0 radical (unpaired) electrons. The van der Waals surface area contributed by atoms with Crippen molar-refractivity contribution in [2.24, 2.45) is 0 Å². The molecule has 0 spiro atoms. The highest BCUT2D eigenvalue weighted by molar-refractivity contribution is 6.35. The van der Waals surface area contributed by atoms with Gasteiger partial charge in [-0.05, 0) is 31.0 Å². The summed E-state index contributed by atoms with van der Waals surface area (Å²) in [6.07, 6.45) is 8.76. The van der Waals surface area contributed by atoms with E-state index >= 15 is 0 Å². The summed E-state index contributed by atoms with van der Waals surface area (Å²) in [7, 11) is 0. The van der Waals surface area contributed by atoms with Crippen LogP contribution in [0.25, 0.3) is 0 Å². The minimum atomic E-state index is 0.575. The largest absolute Gasteiger partial charge is 0.492 e. The van der Waals surface area contributed by atoms with E-state index in [0.29, 0.717) is 22.4 Å². The maximum Gasteiger partial charge on any atom is 0.137 e. The second-order valence-electron chi connectivity index (χ2n) is 4.83. The molecule has 1 N–H and O–H groups in total. The molecule has 0 unspecified atom stereocenters. The average molecular weight is 315 g/mol. The molecule has 1 aliphatic heterocycles. The van der Waals surface area contributed by atoms with Crippen molar-refractivity contribution >= 4 is 23.2 Å². The van der Waals surface area contributed by atoms with E-state index in [9.17, 15) is 0 Å². The molecule has 0 bridgehead atoms. The predicted molar refractivity (Wildman–Crippen MR) is 84.3 cm³/mol. The van der Waals surface area contributed by atoms with Gasteiger partial charge in [-0.1, -0.05) is 36.0 Å². The second kappa shape index (κ2) is 8.28. The lowest BCUT2D eigenvalue weighted by Gasteiger charge is -2.14. The van der Waals surface area contributed by atoms with Gasteiger partial charge in [0.25, 0.3) is 0 Å². The summed E-state index contributed by atoms with van der Waals surface area (Å²) in [5.74, 6) is 0.712. The van der Waals surface area contributed by atoms with Gasteiger partial charge in [0, 0.05) is 24.0 Å². The number of rotatable bonds is 8. The van der Waals surface area contributed by atoms with Crippen LogP contribution in [0.4, 0.5) is 0 Å². The minimum Gasteiger partial charge on any atom is -0.492 e. The van der Waals surface area contributed by atoms with Crippen LogP contribution >= 0.6 is 23.2 Å². The van der Waals surface area contributed by atoms with Gasteiger partial charge in [0.1, 0.15) is 5.75 Å². The van der Waals surface area contributed by atoms with E-state index in [0.717, 1.165) is 19.6 Å². The Hall–Kier alpha value is -1.06. The number of unbranched alkanes of at least 4 members (excludes halogenated alkanes) is 3. The van der Waals surface area contributed by atoms with Crippen LogP contribution in [-0.2, 0) is 0 Å². The monoisotopic (exact) mass is 314 g/mol.